The highest BCUT2D eigenvalue weighted by Crippen LogP contribution is 2.06. The van der Waals surface area contributed by atoms with Crippen LogP contribution in [-0.2, 0) is 0 Å². The SMILES string of the molecule is NC[C@@H](N)c1c[nH]cc(Br)c1=O. The van der Waals surface area contributed by atoms with Crippen LogP contribution in [0.2, 0.25) is 0 Å². The van der Waals surface area contributed by atoms with E-state index in [9.17, 15) is 4.79 Å². The van der Waals surface area contributed by atoms with Crippen LogP contribution in [-0.4, -0.2) is 11.5 Å². The van der Waals surface area contributed by atoms with E-state index in [0.717, 1.165) is 0 Å². The van der Waals surface area contributed by atoms with Gasteiger partial charge in [-0.2, -0.15) is 0 Å². The fourth-order valence-corrected chi connectivity index (χ4v) is 1.24. The van der Waals surface area contributed by atoms with Gasteiger partial charge in [0.15, 0.2) is 0 Å². The summed E-state index contributed by atoms with van der Waals surface area (Å²) in [6.45, 7) is 0.263. The Balaban J connectivity index is 3.17. The second kappa shape index (κ2) is 3.84. The summed E-state index contributed by atoms with van der Waals surface area (Å²) >= 11 is 3.10. The molecule has 0 unspecified atom stereocenters. The molecule has 1 aromatic heterocycles. The standard InChI is InChI=1S/C7H10BrN3O/c8-5-3-11-2-4(7(5)12)6(10)1-9/h2-3,6H,1,9-10H2,(H,11,12)/t6-/m1/s1. The third-order valence-electron chi connectivity index (χ3n) is 1.58. The van der Waals surface area contributed by atoms with Gasteiger partial charge in [-0.15, -0.1) is 0 Å². The van der Waals surface area contributed by atoms with Crippen molar-refractivity contribution in [3.05, 3.63) is 32.7 Å². The normalized spacial score (nSPS) is 12.9. The second-order valence-corrected chi connectivity index (χ2v) is 3.28. The molecule has 1 heterocycles. The molecular weight excluding hydrogens is 222 g/mol. The van der Waals surface area contributed by atoms with Crippen molar-refractivity contribution in [2.75, 3.05) is 6.54 Å². The Kier molecular flexibility index (Phi) is 3.02. The monoisotopic (exact) mass is 231 g/mol. The molecule has 1 rings (SSSR count). The maximum absolute atomic E-state index is 11.4. The highest BCUT2D eigenvalue weighted by Gasteiger charge is 2.09. The highest BCUT2D eigenvalue weighted by molar-refractivity contribution is 9.10. The van der Waals surface area contributed by atoms with Crippen molar-refractivity contribution in [2.45, 2.75) is 6.04 Å². The summed E-state index contributed by atoms with van der Waals surface area (Å²) in [5, 5.41) is 0. The summed E-state index contributed by atoms with van der Waals surface area (Å²) in [7, 11) is 0. The minimum absolute atomic E-state index is 0.105. The summed E-state index contributed by atoms with van der Waals surface area (Å²) in [4.78, 5) is 14.2. The number of hydrogen-bond acceptors (Lipinski definition) is 3. The van der Waals surface area contributed by atoms with Gasteiger partial charge in [-0.1, -0.05) is 0 Å². The zero-order valence-electron chi connectivity index (χ0n) is 6.38. The Morgan fingerprint density at radius 2 is 2.25 bits per heavy atom. The molecule has 0 fully saturated rings. The molecular formula is C7H10BrN3O. The molecule has 0 aromatic carbocycles. The van der Waals surface area contributed by atoms with Gasteiger partial charge in [0.1, 0.15) is 0 Å². The first-order valence-corrected chi connectivity index (χ1v) is 4.28. The summed E-state index contributed by atoms with van der Waals surface area (Å²) in [5.74, 6) is 0. The van der Waals surface area contributed by atoms with Gasteiger partial charge >= 0.3 is 0 Å². The number of nitrogens with two attached hydrogens (primary N) is 2. The van der Waals surface area contributed by atoms with Crippen LogP contribution in [0.1, 0.15) is 11.6 Å². The van der Waals surface area contributed by atoms with Crippen molar-refractivity contribution in [1.29, 1.82) is 0 Å². The molecule has 0 saturated carbocycles. The van der Waals surface area contributed by atoms with E-state index in [2.05, 4.69) is 20.9 Å². The molecule has 0 bridgehead atoms. The van der Waals surface area contributed by atoms with Crippen LogP contribution in [0.4, 0.5) is 0 Å². The lowest BCUT2D eigenvalue weighted by atomic mass is 10.1. The molecule has 0 spiro atoms. The lowest BCUT2D eigenvalue weighted by molar-refractivity contribution is 0.726. The highest BCUT2D eigenvalue weighted by atomic mass is 79.9. The summed E-state index contributed by atoms with van der Waals surface area (Å²) in [6, 6.07) is -0.397. The Labute approximate surface area is 78.1 Å². The Morgan fingerprint density at radius 1 is 1.58 bits per heavy atom. The average molecular weight is 232 g/mol. The lowest BCUT2D eigenvalue weighted by Gasteiger charge is -2.07. The predicted octanol–water partition coefficient (Wildman–Crippen LogP) is 0.0959. The van der Waals surface area contributed by atoms with E-state index in [-0.39, 0.29) is 12.0 Å². The predicted molar refractivity (Wildman–Crippen MR) is 50.7 cm³/mol. The largest absolute Gasteiger partial charge is 0.366 e. The van der Waals surface area contributed by atoms with Gasteiger partial charge in [0, 0.05) is 30.5 Å². The van der Waals surface area contributed by atoms with Crippen molar-refractivity contribution >= 4 is 15.9 Å². The molecule has 5 N–H and O–H groups in total. The number of aromatic amines is 1. The number of nitrogens with one attached hydrogen (secondary N) is 1. The van der Waals surface area contributed by atoms with Crippen molar-refractivity contribution in [3.8, 4) is 0 Å². The quantitative estimate of drug-likeness (QED) is 0.675. The number of aromatic nitrogens is 1. The smallest absolute Gasteiger partial charge is 0.200 e. The molecule has 12 heavy (non-hydrogen) atoms. The van der Waals surface area contributed by atoms with Crippen LogP contribution < -0.4 is 16.9 Å². The van der Waals surface area contributed by atoms with Crippen LogP contribution in [0.5, 0.6) is 0 Å². The summed E-state index contributed by atoms with van der Waals surface area (Å²) in [6.07, 6.45) is 3.14. The van der Waals surface area contributed by atoms with Crippen LogP contribution >= 0.6 is 15.9 Å². The van der Waals surface area contributed by atoms with E-state index in [1.807, 2.05) is 0 Å². The van der Waals surface area contributed by atoms with Gasteiger partial charge in [0.05, 0.1) is 4.47 Å². The molecule has 1 aromatic rings. The summed E-state index contributed by atoms with van der Waals surface area (Å²) < 4.78 is 0.476. The Morgan fingerprint density at radius 3 is 2.83 bits per heavy atom. The molecule has 1 atom stereocenters. The number of hydrogen-bond donors (Lipinski definition) is 3. The van der Waals surface area contributed by atoms with Gasteiger partial charge in [0.25, 0.3) is 0 Å². The fraction of sp³-hybridized carbons (Fsp3) is 0.286. The van der Waals surface area contributed by atoms with E-state index in [1.54, 1.807) is 12.4 Å². The molecule has 5 heteroatoms. The maximum Gasteiger partial charge on any atom is 0.200 e. The first-order valence-electron chi connectivity index (χ1n) is 3.49. The maximum atomic E-state index is 11.4. The second-order valence-electron chi connectivity index (χ2n) is 2.43. The van der Waals surface area contributed by atoms with Gasteiger partial charge in [-0.05, 0) is 15.9 Å². The molecule has 0 aliphatic heterocycles. The van der Waals surface area contributed by atoms with Crippen molar-refractivity contribution in [1.82, 2.24) is 4.98 Å². The molecule has 0 saturated heterocycles. The first kappa shape index (κ1) is 9.44. The van der Waals surface area contributed by atoms with E-state index in [0.29, 0.717) is 10.0 Å². The zero-order valence-corrected chi connectivity index (χ0v) is 7.97. The third-order valence-corrected chi connectivity index (χ3v) is 2.17. The van der Waals surface area contributed by atoms with Crippen LogP contribution in [0.3, 0.4) is 0 Å². The van der Waals surface area contributed by atoms with Gasteiger partial charge in [-0.25, -0.2) is 0 Å². The van der Waals surface area contributed by atoms with Crippen molar-refractivity contribution < 1.29 is 0 Å². The average Bonchev–Trinajstić information content (AvgIpc) is 2.08. The molecule has 66 valence electrons. The number of rotatable bonds is 2. The van der Waals surface area contributed by atoms with Crippen molar-refractivity contribution in [3.63, 3.8) is 0 Å². The zero-order chi connectivity index (χ0) is 9.14. The number of pyridine rings is 1. The fourth-order valence-electron chi connectivity index (χ4n) is 0.876. The van der Waals surface area contributed by atoms with Gasteiger partial charge < -0.3 is 16.5 Å². The molecule has 0 aliphatic rings. The van der Waals surface area contributed by atoms with E-state index in [1.165, 1.54) is 0 Å². The van der Waals surface area contributed by atoms with Gasteiger partial charge in [-0.3, -0.25) is 4.79 Å². The first-order chi connectivity index (χ1) is 5.66. The van der Waals surface area contributed by atoms with Crippen LogP contribution in [0, 0.1) is 0 Å². The minimum Gasteiger partial charge on any atom is -0.366 e. The Bertz CT molecular complexity index is 323. The third kappa shape index (κ3) is 1.74. The van der Waals surface area contributed by atoms with Crippen LogP contribution in [0.25, 0.3) is 0 Å². The molecule has 4 nitrogen and oxygen atoms in total. The Hall–Kier alpha value is -0.650. The van der Waals surface area contributed by atoms with E-state index >= 15 is 0 Å². The lowest BCUT2D eigenvalue weighted by Crippen LogP contribution is -2.27. The topological polar surface area (TPSA) is 84.9 Å². The molecule has 0 amide bonds. The molecule has 0 aliphatic carbocycles. The number of H-pyrrole nitrogens is 1. The van der Waals surface area contributed by atoms with E-state index in [4.69, 9.17) is 11.5 Å². The van der Waals surface area contributed by atoms with E-state index < -0.39 is 6.04 Å². The minimum atomic E-state index is -0.397. The summed E-state index contributed by atoms with van der Waals surface area (Å²) in [5.41, 5.74) is 11.3. The van der Waals surface area contributed by atoms with Crippen LogP contribution in [0.15, 0.2) is 21.7 Å². The number of halogens is 1. The van der Waals surface area contributed by atoms with Crippen molar-refractivity contribution in [2.24, 2.45) is 11.5 Å². The van der Waals surface area contributed by atoms with Gasteiger partial charge in [0.2, 0.25) is 5.43 Å². The molecule has 0 radical (unpaired) electrons.